The number of carbonyl (C=O) groups excluding carboxylic acids is 2. The molecule has 2 saturated carbocycles. The third-order valence-corrected chi connectivity index (χ3v) is 5.74. The molecule has 4 rings (SSSR count). The van der Waals surface area contributed by atoms with Gasteiger partial charge >= 0.3 is 0 Å². The van der Waals surface area contributed by atoms with Gasteiger partial charge in [-0.25, -0.2) is 4.39 Å². The molecule has 140 valence electrons. The molecule has 1 heterocycles. The van der Waals surface area contributed by atoms with Crippen LogP contribution in [0.2, 0.25) is 0 Å². The number of hydrogen-bond acceptors (Lipinski definition) is 3. The molecule has 1 aliphatic heterocycles. The first-order valence-corrected chi connectivity index (χ1v) is 9.53. The maximum Gasteiger partial charge on any atom is 0.259 e. The average Bonchev–Trinajstić information content (AvgIpc) is 3.35. The smallest absolute Gasteiger partial charge is 0.259 e. The topological polar surface area (TPSA) is 58.6 Å². The predicted octanol–water partition coefficient (Wildman–Crippen LogP) is 2.85. The van der Waals surface area contributed by atoms with E-state index in [1.807, 2.05) is 0 Å². The Hall–Kier alpha value is -1.95. The van der Waals surface area contributed by atoms with E-state index in [-0.39, 0.29) is 24.1 Å². The summed E-state index contributed by atoms with van der Waals surface area (Å²) in [4.78, 5) is 27.6. The van der Waals surface area contributed by atoms with Crippen molar-refractivity contribution >= 4 is 11.8 Å². The lowest BCUT2D eigenvalue weighted by molar-refractivity contribution is -0.128. The van der Waals surface area contributed by atoms with Gasteiger partial charge in [0.15, 0.2) is 0 Å². The number of halogens is 1. The van der Waals surface area contributed by atoms with Gasteiger partial charge in [-0.1, -0.05) is 25.5 Å². The summed E-state index contributed by atoms with van der Waals surface area (Å²) in [6.07, 6.45) is 5.32. The lowest BCUT2D eigenvalue weighted by Crippen LogP contribution is -2.57. The van der Waals surface area contributed by atoms with Gasteiger partial charge in [-0.3, -0.25) is 14.5 Å². The summed E-state index contributed by atoms with van der Waals surface area (Å²) < 4.78 is 20.4. The van der Waals surface area contributed by atoms with E-state index < -0.39 is 23.5 Å². The number of nitrogens with zero attached hydrogens (tertiary/aromatic N) is 1. The minimum absolute atomic E-state index is 0.000163. The predicted molar refractivity (Wildman–Crippen MR) is 93.8 cm³/mol. The van der Waals surface area contributed by atoms with E-state index in [4.69, 9.17) is 4.74 Å². The van der Waals surface area contributed by atoms with Crippen molar-refractivity contribution in [3.63, 3.8) is 0 Å². The summed E-state index contributed by atoms with van der Waals surface area (Å²) in [6, 6.07) is 5.46. The lowest BCUT2D eigenvalue weighted by atomic mass is 9.83. The average molecular weight is 360 g/mol. The fourth-order valence-electron chi connectivity index (χ4n) is 4.30. The molecule has 0 bridgehead atoms. The zero-order valence-electron chi connectivity index (χ0n) is 15.0. The Kier molecular flexibility index (Phi) is 4.47. The molecule has 0 unspecified atom stereocenters. The Bertz CT molecular complexity index is 721. The molecular weight excluding hydrogens is 335 g/mol. The molecule has 6 heteroatoms. The van der Waals surface area contributed by atoms with Crippen LogP contribution in [0.3, 0.4) is 0 Å². The van der Waals surface area contributed by atoms with Crippen molar-refractivity contribution in [2.24, 2.45) is 5.92 Å². The van der Waals surface area contributed by atoms with Gasteiger partial charge in [-0.2, -0.15) is 0 Å². The van der Waals surface area contributed by atoms with Gasteiger partial charge in [0.1, 0.15) is 17.6 Å². The molecule has 26 heavy (non-hydrogen) atoms. The minimum atomic E-state index is -0.803. The van der Waals surface area contributed by atoms with Crippen LogP contribution in [-0.4, -0.2) is 41.1 Å². The van der Waals surface area contributed by atoms with E-state index in [1.165, 1.54) is 12.1 Å². The zero-order valence-corrected chi connectivity index (χ0v) is 15.0. The van der Waals surface area contributed by atoms with Crippen molar-refractivity contribution in [1.82, 2.24) is 10.2 Å². The van der Waals surface area contributed by atoms with Crippen molar-refractivity contribution in [2.45, 2.75) is 63.3 Å². The maximum absolute atomic E-state index is 14.3. The van der Waals surface area contributed by atoms with Gasteiger partial charge in [0, 0.05) is 6.04 Å². The molecule has 0 radical (unpaired) electrons. The normalized spacial score (nSPS) is 31.2. The number of nitrogens with one attached hydrogen (secondary N) is 1. The highest BCUT2D eigenvalue weighted by Crippen LogP contribution is 2.43. The monoisotopic (exact) mass is 360 g/mol. The molecule has 1 saturated heterocycles. The summed E-state index contributed by atoms with van der Waals surface area (Å²) in [7, 11) is 0. The minimum Gasteiger partial charge on any atom is -0.353 e. The molecule has 1 spiro atoms. The Morgan fingerprint density at radius 3 is 2.73 bits per heavy atom. The van der Waals surface area contributed by atoms with Gasteiger partial charge < -0.3 is 10.1 Å². The van der Waals surface area contributed by atoms with Crippen LogP contribution in [0.4, 0.5) is 4.39 Å². The van der Waals surface area contributed by atoms with Crippen LogP contribution in [0.5, 0.6) is 0 Å². The first-order valence-electron chi connectivity index (χ1n) is 9.53. The standard InChI is InChI=1S/C20H25FN2O3/c1-13-5-4-10-20(11-13)23(19(25)15-6-2-3-7-16(15)21)17(12-26-20)18(24)22-14-8-9-14/h2-3,6-7,13-14,17H,4-5,8-12H2,1H3,(H,22,24)/t13-,17-,20-/m0/s1. The summed E-state index contributed by atoms with van der Waals surface area (Å²) >= 11 is 0. The number of ether oxygens (including phenoxy) is 1. The van der Waals surface area contributed by atoms with Gasteiger partial charge in [0.05, 0.1) is 12.2 Å². The molecule has 2 aliphatic carbocycles. The van der Waals surface area contributed by atoms with E-state index in [2.05, 4.69) is 12.2 Å². The van der Waals surface area contributed by atoms with Crippen molar-refractivity contribution in [3.8, 4) is 0 Å². The largest absolute Gasteiger partial charge is 0.353 e. The van der Waals surface area contributed by atoms with Gasteiger partial charge in [0.25, 0.3) is 5.91 Å². The van der Waals surface area contributed by atoms with Crippen LogP contribution in [0.1, 0.15) is 55.8 Å². The van der Waals surface area contributed by atoms with Gasteiger partial charge in [-0.15, -0.1) is 0 Å². The molecule has 1 N–H and O–H groups in total. The molecule has 3 atom stereocenters. The maximum atomic E-state index is 14.3. The molecule has 2 amide bonds. The number of amides is 2. The van der Waals surface area contributed by atoms with Crippen LogP contribution in [0, 0.1) is 11.7 Å². The SMILES string of the molecule is C[C@H]1CCC[C@@]2(C1)OC[C@@H](C(=O)NC1CC1)N2C(=O)c1ccccc1F. The molecule has 1 aromatic rings. The second-order valence-corrected chi connectivity index (χ2v) is 7.91. The van der Waals surface area contributed by atoms with Crippen molar-refractivity contribution < 1.29 is 18.7 Å². The Morgan fingerprint density at radius 1 is 1.27 bits per heavy atom. The van der Waals surface area contributed by atoms with Crippen molar-refractivity contribution in [2.75, 3.05) is 6.61 Å². The zero-order chi connectivity index (χ0) is 18.3. The number of hydrogen-bond donors (Lipinski definition) is 1. The van der Waals surface area contributed by atoms with Crippen LogP contribution < -0.4 is 5.32 Å². The molecule has 3 fully saturated rings. The van der Waals surface area contributed by atoms with E-state index in [0.29, 0.717) is 18.8 Å². The molecule has 0 aromatic heterocycles. The molecule has 5 nitrogen and oxygen atoms in total. The fraction of sp³-hybridized carbons (Fsp3) is 0.600. The van der Waals surface area contributed by atoms with Gasteiger partial charge in [0.2, 0.25) is 5.91 Å². The highest BCUT2D eigenvalue weighted by Gasteiger charge is 2.54. The van der Waals surface area contributed by atoms with Gasteiger partial charge in [-0.05, 0) is 50.2 Å². The molecular formula is C20H25FN2O3. The lowest BCUT2D eigenvalue weighted by Gasteiger charge is -2.43. The van der Waals surface area contributed by atoms with E-state index >= 15 is 0 Å². The number of carbonyl (C=O) groups is 2. The molecule has 3 aliphatic rings. The van der Waals surface area contributed by atoms with Crippen LogP contribution >= 0.6 is 0 Å². The van der Waals surface area contributed by atoms with E-state index in [0.717, 1.165) is 25.7 Å². The second-order valence-electron chi connectivity index (χ2n) is 7.91. The fourth-order valence-corrected chi connectivity index (χ4v) is 4.30. The highest BCUT2D eigenvalue weighted by molar-refractivity contribution is 5.98. The summed E-state index contributed by atoms with van der Waals surface area (Å²) in [5, 5.41) is 2.97. The number of benzene rings is 1. The summed E-state index contributed by atoms with van der Waals surface area (Å²) in [5.41, 5.74) is -0.803. The summed E-state index contributed by atoms with van der Waals surface area (Å²) in [6.45, 7) is 2.30. The Morgan fingerprint density at radius 2 is 2.04 bits per heavy atom. The van der Waals surface area contributed by atoms with Crippen molar-refractivity contribution in [3.05, 3.63) is 35.6 Å². The highest BCUT2D eigenvalue weighted by atomic mass is 19.1. The third-order valence-electron chi connectivity index (χ3n) is 5.74. The second kappa shape index (κ2) is 6.65. The van der Waals surface area contributed by atoms with Crippen LogP contribution in [0.15, 0.2) is 24.3 Å². The molecule has 1 aromatic carbocycles. The summed E-state index contributed by atoms with van der Waals surface area (Å²) in [5.74, 6) is -0.812. The quantitative estimate of drug-likeness (QED) is 0.902. The number of rotatable bonds is 3. The Balaban J connectivity index is 1.68. The van der Waals surface area contributed by atoms with E-state index in [1.54, 1.807) is 17.0 Å². The van der Waals surface area contributed by atoms with Crippen LogP contribution in [0.25, 0.3) is 0 Å². The first kappa shape index (κ1) is 17.5. The van der Waals surface area contributed by atoms with E-state index in [9.17, 15) is 14.0 Å². The Labute approximate surface area is 152 Å². The third kappa shape index (κ3) is 3.11. The first-order chi connectivity index (χ1) is 12.5. The van der Waals surface area contributed by atoms with Crippen molar-refractivity contribution in [1.29, 1.82) is 0 Å². The van der Waals surface area contributed by atoms with Crippen LogP contribution in [-0.2, 0) is 9.53 Å².